The molecule has 0 saturated carbocycles. The Morgan fingerprint density at radius 3 is 2.00 bits per heavy atom. The molecule has 0 radical (unpaired) electrons. The van der Waals surface area contributed by atoms with Crippen LogP contribution in [0.5, 0.6) is 11.5 Å². The predicted molar refractivity (Wildman–Crippen MR) is 114 cm³/mol. The molecule has 1 atom stereocenters. The molecular weight excluding hydrogens is 482 g/mol. The first-order valence-corrected chi connectivity index (χ1v) is 10.9. The number of halogens is 4. The maximum Gasteiger partial charge on any atom is 0.283 e. The average Bonchev–Trinajstić information content (AvgIpc) is 2.64. The van der Waals surface area contributed by atoms with Crippen molar-refractivity contribution >= 4 is 56.5 Å². The fourth-order valence-electron chi connectivity index (χ4n) is 3.22. The summed E-state index contributed by atoms with van der Waals surface area (Å²) in [6.07, 6.45) is 0. The second-order valence-electron chi connectivity index (χ2n) is 6.05. The van der Waals surface area contributed by atoms with Crippen molar-refractivity contribution in [3.8, 4) is 11.5 Å². The molecule has 5 nitrogen and oxygen atoms in total. The van der Waals surface area contributed by atoms with Crippen molar-refractivity contribution in [3.05, 3.63) is 91.4 Å². The molecule has 29 heavy (non-hydrogen) atoms. The Hall–Kier alpha value is -1.67. The van der Waals surface area contributed by atoms with E-state index in [1.54, 1.807) is 6.07 Å². The maximum absolute atomic E-state index is 13.0. The highest BCUT2D eigenvalue weighted by atomic mass is 35.5. The highest BCUT2D eigenvalue weighted by Gasteiger charge is 2.53. The predicted octanol–water partition coefficient (Wildman–Crippen LogP) is 5.89. The lowest BCUT2D eigenvalue weighted by atomic mass is 9.83. The second-order valence-corrected chi connectivity index (χ2v) is 9.24. The molecule has 3 N–H and O–H groups in total. The van der Waals surface area contributed by atoms with Crippen LogP contribution in [-0.2, 0) is 14.9 Å². The third-order valence-corrected chi connectivity index (χ3v) is 7.08. The van der Waals surface area contributed by atoms with Gasteiger partial charge in [-0.3, -0.25) is 4.55 Å². The first kappa shape index (κ1) is 22.0. The molecule has 0 amide bonds. The van der Waals surface area contributed by atoms with Crippen LogP contribution in [0.3, 0.4) is 0 Å². The van der Waals surface area contributed by atoms with Gasteiger partial charge >= 0.3 is 0 Å². The molecule has 1 unspecified atom stereocenters. The van der Waals surface area contributed by atoms with Crippen LogP contribution >= 0.6 is 46.4 Å². The van der Waals surface area contributed by atoms with Crippen molar-refractivity contribution in [2.75, 3.05) is 0 Å². The van der Waals surface area contributed by atoms with Gasteiger partial charge < -0.3 is 10.2 Å². The standard InChI is InChI=1S/C19H12Cl4O5S/c20-10-5-7-15(24)12(9-10)19(29(26,27)28,11-3-1-2-4-13(11)21)17-14(22)6-8-16(25)18(17)23/h1-9,24-25H,(H,26,27,28). The monoisotopic (exact) mass is 492 g/mol. The van der Waals surface area contributed by atoms with Gasteiger partial charge in [0.2, 0.25) is 0 Å². The normalized spacial score (nSPS) is 13.8. The maximum atomic E-state index is 13.0. The van der Waals surface area contributed by atoms with Crippen molar-refractivity contribution < 1.29 is 23.2 Å². The Labute approximate surface area is 186 Å². The van der Waals surface area contributed by atoms with Crippen LogP contribution in [0.25, 0.3) is 0 Å². The van der Waals surface area contributed by atoms with Crippen LogP contribution in [0.1, 0.15) is 16.7 Å². The van der Waals surface area contributed by atoms with E-state index >= 15 is 0 Å². The third kappa shape index (κ3) is 3.54. The Balaban J connectivity index is 2.71. The summed E-state index contributed by atoms with van der Waals surface area (Å²) in [6, 6.07) is 11.7. The highest BCUT2D eigenvalue weighted by molar-refractivity contribution is 7.87. The summed E-state index contributed by atoms with van der Waals surface area (Å²) in [5.41, 5.74) is -0.903. The quantitative estimate of drug-likeness (QED) is 0.311. The number of hydrogen-bond acceptors (Lipinski definition) is 4. The Morgan fingerprint density at radius 1 is 0.759 bits per heavy atom. The van der Waals surface area contributed by atoms with Crippen molar-refractivity contribution in [1.29, 1.82) is 0 Å². The van der Waals surface area contributed by atoms with Gasteiger partial charge in [0, 0.05) is 31.8 Å². The molecule has 0 heterocycles. The summed E-state index contributed by atoms with van der Waals surface area (Å²) >= 11 is 24.9. The molecule has 0 aromatic heterocycles. The van der Waals surface area contributed by atoms with E-state index in [-0.39, 0.29) is 26.2 Å². The van der Waals surface area contributed by atoms with Gasteiger partial charge in [-0.05, 0) is 36.4 Å². The molecule has 0 fully saturated rings. The second kappa shape index (κ2) is 7.87. The summed E-state index contributed by atoms with van der Waals surface area (Å²) in [6.45, 7) is 0. The van der Waals surface area contributed by atoms with E-state index in [0.717, 1.165) is 18.2 Å². The van der Waals surface area contributed by atoms with Gasteiger partial charge in [-0.15, -0.1) is 0 Å². The number of aromatic hydroxyl groups is 2. The van der Waals surface area contributed by atoms with Crippen LogP contribution in [0.15, 0.2) is 54.6 Å². The molecule has 3 aromatic carbocycles. The van der Waals surface area contributed by atoms with E-state index in [0.29, 0.717) is 0 Å². The fourth-order valence-corrected chi connectivity index (χ4v) is 5.86. The lowest BCUT2D eigenvalue weighted by molar-refractivity contribution is 0.439. The molecule has 0 aliphatic rings. The van der Waals surface area contributed by atoms with Crippen molar-refractivity contribution in [3.63, 3.8) is 0 Å². The zero-order valence-corrected chi connectivity index (χ0v) is 18.1. The van der Waals surface area contributed by atoms with E-state index in [4.69, 9.17) is 46.4 Å². The van der Waals surface area contributed by atoms with Gasteiger partial charge in [-0.2, -0.15) is 8.42 Å². The molecule has 3 rings (SSSR count). The summed E-state index contributed by atoms with van der Waals surface area (Å²) in [5, 5.41) is 20.1. The third-order valence-electron chi connectivity index (χ3n) is 4.40. The zero-order valence-electron chi connectivity index (χ0n) is 14.3. The summed E-state index contributed by atoms with van der Waals surface area (Å²) < 4.78 is 34.0. The van der Waals surface area contributed by atoms with E-state index in [9.17, 15) is 23.2 Å². The minimum Gasteiger partial charge on any atom is -0.508 e. The highest BCUT2D eigenvalue weighted by Crippen LogP contribution is 2.54. The molecule has 10 heteroatoms. The number of phenolic OH excluding ortho intramolecular Hbond substituents is 2. The molecule has 0 aliphatic carbocycles. The van der Waals surface area contributed by atoms with Crippen LogP contribution in [0.4, 0.5) is 0 Å². The average molecular weight is 494 g/mol. The van der Waals surface area contributed by atoms with E-state index in [1.807, 2.05) is 0 Å². The van der Waals surface area contributed by atoms with Gasteiger partial charge in [0.1, 0.15) is 11.5 Å². The largest absolute Gasteiger partial charge is 0.508 e. The molecule has 0 saturated heterocycles. The SMILES string of the molecule is O=S(=O)(O)C(c1cc(Cl)ccc1O)(c1ccccc1Cl)c1c(Cl)ccc(O)c1Cl. The minimum absolute atomic E-state index is 0.0604. The smallest absolute Gasteiger partial charge is 0.283 e. The van der Waals surface area contributed by atoms with Crippen LogP contribution in [-0.4, -0.2) is 23.2 Å². The number of hydrogen-bond donors (Lipinski definition) is 3. The van der Waals surface area contributed by atoms with Crippen molar-refractivity contribution in [2.45, 2.75) is 4.75 Å². The molecular formula is C19H12Cl4O5S. The molecule has 152 valence electrons. The molecule has 0 bridgehead atoms. The van der Waals surface area contributed by atoms with Crippen molar-refractivity contribution in [1.82, 2.24) is 0 Å². The van der Waals surface area contributed by atoms with E-state index in [1.165, 1.54) is 30.3 Å². The van der Waals surface area contributed by atoms with Gasteiger partial charge in [0.25, 0.3) is 10.1 Å². The number of benzene rings is 3. The number of phenols is 2. The lowest BCUT2D eigenvalue weighted by Gasteiger charge is -2.35. The summed E-state index contributed by atoms with van der Waals surface area (Å²) in [7, 11) is -5.19. The minimum atomic E-state index is -5.19. The van der Waals surface area contributed by atoms with Crippen molar-refractivity contribution in [2.24, 2.45) is 0 Å². The van der Waals surface area contributed by atoms with Crippen LogP contribution in [0.2, 0.25) is 20.1 Å². The Kier molecular flexibility index (Phi) is 5.98. The Morgan fingerprint density at radius 2 is 1.38 bits per heavy atom. The molecule has 0 spiro atoms. The summed E-state index contributed by atoms with van der Waals surface area (Å²) in [4.78, 5) is 0. The summed E-state index contributed by atoms with van der Waals surface area (Å²) in [5.74, 6) is -1.02. The van der Waals surface area contributed by atoms with Crippen LogP contribution in [0, 0.1) is 0 Å². The zero-order chi connectivity index (χ0) is 21.6. The first-order valence-electron chi connectivity index (χ1n) is 7.90. The first-order chi connectivity index (χ1) is 13.5. The Bertz CT molecular complexity index is 1210. The molecule has 0 aliphatic heterocycles. The topological polar surface area (TPSA) is 94.8 Å². The fraction of sp³-hybridized carbons (Fsp3) is 0.0526. The van der Waals surface area contributed by atoms with E-state index in [2.05, 4.69) is 0 Å². The van der Waals surface area contributed by atoms with Crippen LogP contribution < -0.4 is 0 Å². The van der Waals surface area contributed by atoms with E-state index < -0.39 is 37.0 Å². The molecule has 3 aromatic rings. The van der Waals surface area contributed by atoms with Gasteiger partial charge in [-0.25, -0.2) is 0 Å². The van der Waals surface area contributed by atoms with Gasteiger partial charge in [-0.1, -0.05) is 64.6 Å². The van der Waals surface area contributed by atoms with Gasteiger partial charge in [0.05, 0.1) is 5.02 Å². The lowest BCUT2D eigenvalue weighted by Crippen LogP contribution is -2.39. The van der Waals surface area contributed by atoms with Gasteiger partial charge in [0.15, 0.2) is 4.75 Å². The number of rotatable bonds is 4.